The summed E-state index contributed by atoms with van der Waals surface area (Å²) >= 11 is 0. The van der Waals surface area contributed by atoms with Crippen molar-refractivity contribution >= 4 is 16.0 Å². The third-order valence-corrected chi connectivity index (χ3v) is 4.88. The maximum Gasteiger partial charge on any atom is 0.329 e. The van der Waals surface area contributed by atoms with Crippen LogP contribution in [0.4, 0.5) is 6.01 Å². The van der Waals surface area contributed by atoms with Gasteiger partial charge in [-0.25, -0.2) is 13.1 Å². The van der Waals surface area contributed by atoms with Crippen molar-refractivity contribution in [3.8, 4) is 0 Å². The van der Waals surface area contributed by atoms with Crippen molar-refractivity contribution in [2.24, 2.45) is 0 Å². The largest absolute Gasteiger partial charge is 0.406 e. The second-order valence-corrected chi connectivity index (χ2v) is 6.62. The minimum absolute atomic E-state index is 0.00853. The second-order valence-electron chi connectivity index (χ2n) is 4.97. The second kappa shape index (κ2) is 5.45. The van der Waals surface area contributed by atoms with Crippen LogP contribution >= 0.6 is 0 Å². The lowest BCUT2D eigenvalue weighted by atomic mass is 10.2. The van der Waals surface area contributed by atoms with Gasteiger partial charge in [-0.1, -0.05) is 23.3 Å². The van der Waals surface area contributed by atoms with Crippen molar-refractivity contribution in [3.05, 3.63) is 35.7 Å². The van der Waals surface area contributed by atoms with Crippen LogP contribution in [-0.4, -0.2) is 25.2 Å². The molecule has 0 radical (unpaired) electrons. The van der Waals surface area contributed by atoms with Gasteiger partial charge in [-0.3, -0.25) is 0 Å². The first-order chi connectivity index (χ1) is 10.1. The Labute approximate surface area is 122 Å². The van der Waals surface area contributed by atoms with E-state index in [4.69, 9.17) is 4.42 Å². The molecule has 112 valence electrons. The lowest BCUT2D eigenvalue weighted by Crippen LogP contribution is -2.14. The Morgan fingerprint density at radius 1 is 1.33 bits per heavy atom. The van der Waals surface area contributed by atoms with Crippen molar-refractivity contribution in [1.82, 2.24) is 15.5 Å². The number of hydrogen-bond acceptors (Lipinski definition) is 6. The van der Waals surface area contributed by atoms with Crippen molar-refractivity contribution in [2.45, 2.75) is 30.7 Å². The Kier molecular flexibility index (Phi) is 3.64. The van der Waals surface area contributed by atoms with Gasteiger partial charge in [0.1, 0.15) is 0 Å². The van der Waals surface area contributed by atoms with Crippen LogP contribution in [0.2, 0.25) is 0 Å². The van der Waals surface area contributed by atoms with Gasteiger partial charge in [0.05, 0.1) is 10.9 Å². The zero-order valence-corrected chi connectivity index (χ0v) is 12.4. The number of nitrogens with zero attached hydrogens (tertiary/aromatic N) is 2. The molecule has 1 aromatic carbocycles. The fourth-order valence-electron chi connectivity index (χ4n) is 2.34. The molecule has 3 rings (SSSR count). The molecule has 2 aromatic rings. The molecule has 21 heavy (non-hydrogen) atoms. The molecule has 1 aliphatic heterocycles. The molecular weight excluding hydrogens is 292 g/mol. The first kappa shape index (κ1) is 14.0. The molecule has 0 bridgehead atoms. The van der Waals surface area contributed by atoms with E-state index in [1.165, 1.54) is 6.07 Å². The number of hydrogen-bond donors (Lipinski definition) is 2. The standard InChI is InChI=1S/C13H16N4O3S/c1-9-5-2-3-7-11(9)21(18,19)17-13-16-15-12(20-13)10-6-4-8-14-10/h2-3,5,7,10,14H,4,6,8H2,1H3,(H,16,17). The van der Waals surface area contributed by atoms with Crippen LogP contribution in [0.25, 0.3) is 0 Å². The molecule has 0 spiro atoms. The zero-order valence-electron chi connectivity index (χ0n) is 11.5. The molecular formula is C13H16N4O3S. The van der Waals surface area contributed by atoms with Gasteiger partial charge < -0.3 is 9.73 Å². The first-order valence-electron chi connectivity index (χ1n) is 6.71. The van der Waals surface area contributed by atoms with Crippen LogP contribution in [-0.2, 0) is 10.0 Å². The smallest absolute Gasteiger partial charge is 0.329 e. The number of anilines is 1. The molecule has 1 aliphatic rings. The Balaban J connectivity index is 1.81. The Bertz CT molecular complexity index is 735. The number of rotatable bonds is 4. The van der Waals surface area contributed by atoms with Crippen molar-refractivity contribution in [3.63, 3.8) is 0 Å². The molecule has 2 heterocycles. The van der Waals surface area contributed by atoms with Gasteiger partial charge in [0.15, 0.2) is 0 Å². The van der Waals surface area contributed by atoms with Crippen molar-refractivity contribution in [1.29, 1.82) is 0 Å². The lowest BCUT2D eigenvalue weighted by Gasteiger charge is -2.07. The summed E-state index contributed by atoms with van der Waals surface area (Å²) in [6.45, 7) is 2.63. The van der Waals surface area contributed by atoms with E-state index in [-0.39, 0.29) is 17.0 Å². The first-order valence-corrected chi connectivity index (χ1v) is 8.20. The van der Waals surface area contributed by atoms with Gasteiger partial charge in [-0.15, -0.1) is 5.10 Å². The van der Waals surface area contributed by atoms with Crippen LogP contribution in [0.1, 0.15) is 30.3 Å². The van der Waals surface area contributed by atoms with E-state index >= 15 is 0 Å². The van der Waals surface area contributed by atoms with Gasteiger partial charge >= 0.3 is 6.01 Å². The molecule has 1 aromatic heterocycles. The summed E-state index contributed by atoms with van der Waals surface area (Å²) in [5.74, 6) is 0.412. The maximum absolute atomic E-state index is 12.3. The van der Waals surface area contributed by atoms with Crippen molar-refractivity contribution in [2.75, 3.05) is 11.3 Å². The molecule has 7 nitrogen and oxygen atoms in total. The monoisotopic (exact) mass is 308 g/mol. The minimum Gasteiger partial charge on any atom is -0.406 e. The lowest BCUT2D eigenvalue weighted by molar-refractivity contribution is 0.439. The van der Waals surface area contributed by atoms with Crippen LogP contribution in [0.15, 0.2) is 33.6 Å². The fraction of sp³-hybridized carbons (Fsp3) is 0.385. The van der Waals surface area contributed by atoms with E-state index in [9.17, 15) is 8.42 Å². The van der Waals surface area contributed by atoms with Gasteiger partial charge in [-0.05, 0) is 37.9 Å². The number of aryl methyl sites for hydroxylation is 1. The Morgan fingerprint density at radius 2 is 2.14 bits per heavy atom. The molecule has 1 saturated heterocycles. The number of sulfonamides is 1. The third-order valence-electron chi connectivity index (χ3n) is 3.40. The summed E-state index contributed by atoms with van der Waals surface area (Å²) in [6.07, 6.45) is 1.95. The van der Waals surface area contributed by atoms with E-state index in [1.807, 2.05) is 0 Å². The van der Waals surface area contributed by atoms with Gasteiger partial charge in [0.2, 0.25) is 5.89 Å². The summed E-state index contributed by atoms with van der Waals surface area (Å²) in [5, 5.41) is 10.9. The summed E-state index contributed by atoms with van der Waals surface area (Å²) in [4.78, 5) is 0.198. The normalized spacial score (nSPS) is 18.8. The highest BCUT2D eigenvalue weighted by Gasteiger charge is 2.24. The molecule has 1 fully saturated rings. The predicted molar refractivity (Wildman–Crippen MR) is 76.3 cm³/mol. The molecule has 1 unspecified atom stereocenters. The third kappa shape index (κ3) is 2.91. The topological polar surface area (TPSA) is 97.1 Å². The van der Waals surface area contributed by atoms with Crippen LogP contribution in [0.5, 0.6) is 0 Å². The average Bonchev–Trinajstić information content (AvgIpc) is 3.09. The Morgan fingerprint density at radius 3 is 2.86 bits per heavy atom. The highest BCUT2D eigenvalue weighted by Crippen LogP contribution is 2.24. The quantitative estimate of drug-likeness (QED) is 0.890. The molecule has 1 atom stereocenters. The van der Waals surface area contributed by atoms with E-state index in [1.54, 1.807) is 25.1 Å². The molecule has 8 heteroatoms. The summed E-state index contributed by atoms with van der Waals surface area (Å²) in [6, 6.07) is 6.62. The summed E-state index contributed by atoms with van der Waals surface area (Å²) in [5.41, 5.74) is 0.655. The Hall–Kier alpha value is -1.93. The van der Waals surface area contributed by atoms with Gasteiger partial charge in [0, 0.05) is 0 Å². The summed E-state index contributed by atoms with van der Waals surface area (Å²) < 4.78 is 32.3. The van der Waals surface area contributed by atoms with E-state index in [0.29, 0.717) is 11.5 Å². The van der Waals surface area contributed by atoms with Crippen molar-refractivity contribution < 1.29 is 12.8 Å². The molecule has 0 amide bonds. The van der Waals surface area contributed by atoms with Crippen LogP contribution < -0.4 is 10.0 Å². The van der Waals surface area contributed by atoms with Gasteiger partial charge in [0.25, 0.3) is 10.0 Å². The number of benzene rings is 1. The van der Waals surface area contributed by atoms with E-state index in [2.05, 4.69) is 20.2 Å². The SMILES string of the molecule is Cc1ccccc1S(=O)(=O)Nc1nnc(C2CCCN2)o1. The highest BCUT2D eigenvalue weighted by atomic mass is 32.2. The van der Waals surface area contributed by atoms with Crippen LogP contribution in [0, 0.1) is 6.92 Å². The number of aromatic nitrogens is 2. The molecule has 2 N–H and O–H groups in total. The number of nitrogens with one attached hydrogen (secondary N) is 2. The highest BCUT2D eigenvalue weighted by molar-refractivity contribution is 7.92. The van der Waals surface area contributed by atoms with E-state index < -0.39 is 10.0 Å². The fourth-order valence-corrected chi connectivity index (χ4v) is 3.51. The van der Waals surface area contributed by atoms with E-state index in [0.717, 1.165) is 19.4 Å². The minimum atomic E-state index is -3.72. The van der Waals surface area contributed by atoms with Gasteiger partial charge in [-0.2, -0.15) is 0 Å². The summed E-state index contributed by atoms with van der Waals surface area (Å²) in [7, 11) is -3.72. The maximum atomic E-state index is 12.3. The average molecular weight is 308 g/mol. The predicted octanol–water partition coefficient (Wildman–Crippen LogP) is 1.60. The zero-order chi connectivity index (χ0) is 14.9. The van der Waals surface area contributed by atoms with Crippen LogP contribution in [0.3, 0.4) is 0 Å². The molecule has 0 aliphatic carbocycles. The molecule has 0 saturated carbocycles.